The Balaban J connectivity index is 2.68. The molecule has 74 valence electrons. The van der Waals surface area contributed by atoms with Gasteiger partial charge >= 0.3 is 0 Å². The van der Waals surface area contributed by atoms with Crippen LogP contribution in [0.3, 0.4) is 0 Å². The molecule has 1 rings (SSSR count). The largest absolute Gasteiger partial charge is 0.331 e. The van der Waals surface area contributed by atoms with E-state index < -0.39 is 5.54 Å². The van der Waals surface area contributed by atoms with Crippen LogP contribution in [-0.4, -0.2) is 29.2 Å². The molecule has 1 aliphatic heterocycles. The van der Waals surface area contributed by atoms with Crippen LogP contribution < -0.4 is 0 Å². The van der Waals surface area contributed by atoms with Gasteiger partial charge in [0.25, 0.3) is 0 Å². The first-order valence-corrected chi connectivity index (χ1v) is 4.91. The van der Waals surface area contributed by atoms with Crippen LogP contribution in [0.15, 0.2) is 0 Å². The molecule has 0 aromatic heterocycles. The molecule has 1 heterocycles. The molecule has 1 atom stereocenters. The van der Waals surface area contributed by atoms with Crippen LogP contribution in [0.5, 0.6) is 0 Å². The number of rotatable bonds is 3. The van der Waals surface area contributed by atoms with Gasteiger partial charge < -0.3 is 9.69 Å². The minimum Gasteiger partial charge on any atom is -0.331 e. The Kier molecular flexibility index (Phi) is 3.07. The quantitative estimate of drug-likeness (QED) is 0.620. The van der Waals surface area contributed by atoms with Crippen molar-refractivity contribution in [2.75, 3.05) is 6.54 Å². The van der Waals surface area contributed by atoms with Gasteiger partial charge in [0.15, 0.2) is 0 Å². The highest BCUT2D eigenvalue weighted by Gasteiger charge is 2.38. The lowest BCUT2D eigenvalue weighted by Crippen LogP contribution is -2.46. The first-order valence-electron chi connectivity index (χ1n) is 4.91. The average Bonchev–Trinajstić information content (AvgIpc) is 2.49. The van der Waals surface area contributed by atoms with Crippen molar-refractivity contribution >= 4 is 12.2 Å². The number of amides is 1. The van der Waals surface area contributed by atoms with Gasteiger partial charge in [-0.05, 0) is 26.2 Å². The first kappa shape index (κ1) is 10.2. The number of likely N-dealkylation sites (tertiary alicyclic amines) is 1. The molecule has 0 N–H and O–H groups in total. The highest BCUT2D eigenvalue weighted by molar-refractivity contribution is 5.82. The molecule has 0 radical (unpaired) electrons. The number of aldehydes is 1. The molecule has 0 spiro atoms. The Labute approximate surface area is 79.1 Å². The summed E-state index contributed by atoms with van der Waals surface area (Å²) in [7, 11) is 0. The molecule has 0 unspecified atom stereocenters. The molecule has 1 amide bonds. The third-order valence-corrected chi connectivity index (χ3v) is 2.70. The standard InChI is InChI=1S/C10H17NO2/c1-3-5-9(13)11-7-4-6-10(11,2)8-12/h8H,3-7H2,1-2H3/t10-/m0/s1. The minimum absolute atomic E-state index is 0.120. The van der Waals surface area contributed by atoms with Crippen LogP contribution in [0.25, 0.3) is 0 Å². The summed E-state index contributed by atoms with van der Waals surface area (Å²) in [5, 5.41) is 0. The maximum Gasteiger partial charge on any atom is 0.223 e. The molecule has 0 bridgehead atoms. The predicted octanol–water partition coefficient (Wildman–Crippen LogP) is 1.37. The number of hydrogen-bond donors (Lipinski definition) is 0. The van der Waals surface area contributed by atoms with Crippen molar-refractivity contribution in [3.8, 4) is 0 Å². The van der Waals surface area contributed by atoms with Gasteiger partial charge in [-0.3, -0.25) is 4.79 Å². The highest BCUT2D eigenvalue weighted by atomic mass is 16.2. The van der Waals surface area contributed by atoms with Crippen molar-refractivity contribution in [2.24, 2.45) is 0 Å². The third-order valence-electron chi connectivity index (χ3n) is 2.70. The molecule has 1 saturated heterocycles. The molecule has 3 heteroatoms. The van der Waals surface area contributed by atoms with E-state index in [1.54, 1.807) is 4.90 Å². The fourth-order valence-corrected chi connectivity index (χ4v) is 1.87. The number of hydrogen-bond acceptors (Lipinski definition) is 2. The van der Waals surface area contributed by atoms with Crippen molar-refractivity contribution in [1.29, 1.82) is 0 Å². The minimum atomic E-state index is -0.522. The molecule has 0 saturated carbocycles. The van der Waals surface area contributed by atoms with Gasteiger partial charge in [-0.15, -0.1) is 0 Å². The van der Waals surface area contributed by atoms with Gasteiger partial charge in [-0.2, -0.15) is 0 Å². The molecule has 0 aliphatic carbocycles. The summed E-state index contributed by atoms with van der Waals surface area (Å²) in [6.07, 6.45) is 4.08. The zero-order valence-corrected chi connectivity index (χ0v) is 8.38. The van der Waals surface area contributed by atoms with E-state index in [9.17, 15) is 9.59 Å². The van der Waals surface area contributed by atoms with E-state index in [1.165, 1.54) is 0 Å². The molecular weight excluding hydrogens is 166 g/mol. The van der Waals surface area contributed by atoms with E-state index in [0.29, 0.717) is 6.42 Å². The van der Waals surface area contributed by atoms with E-state index in [0.717, 1.165) is 32.1 Å². The fraction of sp³-hybridized carbons (Fsp3) is 0.800. The lowest BCUT2D eigenvalue weighted by atomic mass is 10.0. The normalized spacial score (nSPS) is 27.7. The Morgan fingerprint density at radius 3 is 2.85 bits per heavy atom. The van der Waals surface area contributed by atoms with Crippen molar-refractivity contribution in [1.82, 2.24) is 4.90 Å². The van der Waals surface area contributed by atoms with Gasteiger partial charge in [0.2, 0.25) is 5.91 Å². The second-order valence-electron chi connectivity index (χ2n) is 3.87. The Bertz CT molecular complexity index is 215. The predicted molar refractivity (Wildman–Crippen MR) is 50.3 cm³/mol. The maximum absolute atomic E-state index is 11.6. The van der Waals surface area contributed by atoms with Gasteiger partial charge in [0, 0.05) is 13.0 Å². The first-order chi connectivity index (χ1) is 6.14. The van der Waals surface area contributed by atoms with Crippen molar-refractivity contribution in [3.05, 3.63) is 0 Å². The number of nitrogens with zero attached hydrogens (tertiary/aromatic N) is 1. The summed E-state index contributed by atoms with van der Waals surface area (Å²) < 4.78 is 0. The van der Waals surface area contributed by atoms with Crippen molar-refractivity contribution in [3.63, 3.8) is 0 Å². The van der Waals surface area contributed by atoms with Gasteiger partial charge in [0.1, 0.15) is 6.29 Å². The topological polar surface area (TPSA) is 37.4 Å². The smallest absolute Gasteiger partial charge is 0.223 e. The third kappa shape index (κ3) is 1.90. The molecule has 0 aromatic carbocycles. The molecule has 0 aromatic rings. The Morgan fingerprint density at radius 1 is 1.62 bits per heavy atom. The monoisotopic (exact) mass is 183 g/mol. The van der Waals surface area contributed by atoms with Crippen LogP contribution in [-0.2, 0) is 9.59 Å². The summed E-state index contributed by atoms with van der Waals surface area (Å²) in [6.45, 7) is 4.57. The van der Waals surface area contributed by atoms with Crippen LogP contribution in [0.4, 0.5) is 0 Å². The van der Waals surface area contributed by atoms with Crippen LogP contribution >= 0.6 is 0 Å². The van der Waals surface area contributed by atoms with Crippen molar-refractivity contribution in [2.45, 2.75) is 45.1 Å². The molecule has 13 heavy (non-hydrogen) atoms. The molecule has 3 nitrogen and oxygen atoms in total. The summed E-state index contributed by atoms with van der Waals surface area (Å²) in [5.74, 6) is 0.120. The summed E-state index contributed by atoms with van der Waals surface area (Å²) in [5.41, 5.74) is -0.522. The van der Waals surface area contributed by atoms with Crippen LogP contribution in [0, 0.1) is 0 Å². The molecule has 1 aliphatic rings. The number of carbonyl (C=O) groups excluding carboxylic acids is 2. The van der Waals surface area contributed by atoms with Gasteiger partial charge in [0.05, 0.1) is 5.54 Å². The average molecular weight is 183 g/mol. The van der Waals surface area contributed by atoms with E-state index in [-0.39, 0.29) is 5.91 Å². The van der Waals surface area contributed by atoms with E-state index in [4.69, 9.17) is 0 Å². The van der Waals surface area contributed by atoms with Gasteiger partial charge in [-0.1, -0.05) is 6.92 Å². The zero-order chi connectivity index (χ0) is 9.90. The lowest BCUT2D eigenvalue weighted by molar-refractivity contribution is -0.138. The Hall–Kier alpha value is -0.860. The van der Waals surface area contributed by atoms with Crippen LogP contribution in [0.2, 0.25) is 0 Å². The second kappa shape index (κ2) is 3.90. The van der Waals surface area contributed by atoms with Crippen molar-refractivity contribution < 1.29 is 9.59 Å². The zero-order valence-electron chi connectivity index (χ0n) is 8.38. The SMILES string of the molecule is CCCC(=O)N1CCC[C@@]1(C)C=O. The van der Waals surface area contributed by atoms with Gasteiger partial charge in [-0.25, -0.2) is 0 Å². The summed E-state index contributed by atoms with van der Waals surface area (Å²) in [4.78, 5) is 24.2. The molecular formula is C10H17NO2. The fourth-order valence-electron chi connectivity index (χ4n) is 1.87. The lowest BCUT2D eigenvalue weighted by Gasteiger charge is -2.30. The summed E-state index contributed by atoms with van der Waals surface area (Å²) in [6, 6.07) is 0. The Morgan fingerprint density at radius 2 is 2.31 bits per heavy atom. The van der Waals surface area contributed by atoms with Crippen LogP contribution in [0.1, 0.15) is 39.5 Å². The van der Waals surface area contributed by atoms with E-state index >= 15 is 0 Å². The van der Waals surface area contributed by atoms with E-state index in [1.807, 2.05) is 13.8 Å². The highest BCUT2D eigenvalue weighted by Crippen LogP contribution is 2.27. The van der Waals surface area contributed by atoms with E-state index in [2.05, 4.69) is 0 Å². The number of carbonyl (C=O) groups is 2. The second-order valence-corrected chi connectivity index (χ2v) is 3.87. The maximum atomic E-state index is 11.6. The summed E-state index contributed by atoms with van der Waals surface area (Å²) >= 11 is 0. The molecule has 1 fully saturated rings.